The molecule has 0 saturated carbocycles. The maximum Gasteiger partial charge on any atom is 0.416 e. The number of carbonyl (C=O) groups is 2. The van der Waals surface area contributed by atoms with Crippen LogP contribution >= 0.6 is 0 Å². The Morgan fingerprint density at radius 1 is 1.21 bits per heavy atom. The summed E-state index contributed by atoms with van der Waals surface area (Å²) in [6.45, 7) is 1.13. The molecule has 0 aliphatic rings. The molecule has 1 rings (SSSR count). The second-order valence-corrected chi connectivity index (χ2v) is 3.66. The number of aliphatic carboxylic acids is 1. The fraction of sp³-hybridized carbons (Fsp3) is 0.167. The van der Waals surface area contributed by atoms with Gasteiger partial charge in [0, 0.05) is 6.92 Å². The van der Waals surface area contributed by atoms with Gasteiger partial charge < -0.3 is 10.4 Å². The number of benzene rings is 1. The topological polar surface area (TPSA) is 66.4 Å². The minimum Gasteiger partial charge on any atom is -0.477 e. The van der Waals surface area contributed by atoms with Crippen LogP contribution in [0.5, 0.6) is 0 Å². The molecule has 0 unspecified atom stereocenters. The molecule has 0 aromatic heterocycles. The van der Waals surface area contributed by atoms with Crippen LogP contribution in [0.15, 0.2) is 30.0 Å². The van der Waals surface area contributed by atoms with E-state index in [0.717, 1.165) is 37.3 Å². The Morgan fingerprint density at radius 2 is 1.74 bits per heavy atom. The molecule has 0 bridgehead atoms. The van der Waals surface area contributed by atoms with E-state index >= 15 is 0 Å². The molecule has 0 fully saturated rings. The van der Waals surface area contributed by atoms with Gasteiger partial charge in [-0.05, 0) is 23.8 Å². The molecule has 19 heavy (non-hydrogen) atoms. The van der Waals surface area contributed by atoms with Crippen LogP contribution in [0.2, 0.25) is 0 Å². The van der Waals surface area contributed by atoms with Crippen molar-refractivity contribution in [2.24, 2.45) is 0 Å². The van der Waals surface area contributed by atoms with Crippen molar-refractivity contribution in [1.29, 1.82) is 0 Å². The zero-order chi connectivity index (χ0) is 14.6. The van der Waals surface area contributed by atoms with E-state index in [0.29, 0.717) is 0 Å². The third kappa shape index (κ3) is 4.46. The highest BCUT2D eigenvalue weighted by Gasteiger charge is 2.29. The van der Waals surface area contributed by atoms with Crippen LogP contribution in [0.3, 0.4) is 0 Å². The molecule has 0 atom stereocenters. The Hall–Kier alpha value is -2.31. The van der Waals surface area contributed by atoms with E-state index in [4.69, 9.17) is 5.11 Å². The Bertz CT molecular complexity index is 518. The number of carbonyl (C=O) groups excluding carboxylic acids is 1. The average molecular weight is 273 g/mol. The van der Waals surface area contributed by atoms with Crippen LogP contribution in [0.1, 0.15) is 18.1 Å². The first-order chi connectivity index (χ1) is 8.70. The van der Waals surface area contributed by atoms with Crippen LogP contribution in [0.25, 0.3) is 6.08 Å². The Kier molecular flexibility index (Phi) is 4.31. The lowest BCUT2D eigenvalue weighted by molar-refractivity contribution is -0.137. The minimum absolute atomic E-state index is 0.235. The maximum absolute atomic E-state index is 12.3. The standard InChI is InChI=1S/C12H10F3NO3/c1-7(17)16-10(11(18)19)6-8-2-4-9(5-3-8)12(13,14)15/h2-6H,1H3,(H,16,17)(H,18,19). The molecule has 0 heterocycles. The van der Waals surface area contributed by atoms with Gasteiger partial charge in [0.25, 0.3) is 0 Å². The van der Waals surface area contributed by atoms with Gasteiger partial charge in [0.15, 0.2) is 0 Å². The van der Waals surface area contributed by atoms with Gasteiger partial charge in [0.1, 0.15) is 5.70 Å². The fourth-order valence-corrected chi connectivity index (χ4v) is 1.28. The molecule has 7 heteroatoms. The summed E-state index contributed by atoms with van der Waals surface area (Å²) in [4.78, 5) is 21.6. The number of rotatable bonds is 3. The second kappa shape index (κ2) is 5.55. The molecule has 1 aromatic rings. The molecule has 102 valence electrons. The van der Waals surface area contributed by atoms with Gasteiger partial charge in [-0.3, -0.25) is 4.79 Å². The first-order valence-electron chi connectivity index (χ1n) is 5.10. The quantitative estimate of drug-likeness (QED) is 0.830. The zero-order valence-corrected chi connectivity index (χ0v) is 9.78. The van der Waals surface area contributed by atoms with Crippen molar-refractivity contribution in [3.05, 3.63) is 41.1 Å². The molecule has 2 N–H and O–H groups in total. The van der Waals surface area contributed by atoms with E-state index in [9.17, 15) is 22.8 Å². The Morgan fingerprint density at radius 3 is 2.11 bits per heavy atom. The van der Waals surface area contributed by atoms with Crippen molar-refractivity contribution in [1.82, 2.24) is 5.32 Å². The molecular formula is C12H10F3NO3. The summed E-state index contributed by atoms with van der Waals surface area (Å²) < 4.78 is 36.9. The van der Waals surface area contributed by atoms with E-state index in [2.05, 4.69) is 5.32 Å². The lowest BCUT2D eigenvalue weighted by Crippen LogP contribution is -2.24. The predicted molar refractivity (Wildman–Crippen MR) is 60.9 cm³/mol. The molecule has 0 saturated heterocycles. The number of hydrogen-bond donors (Lipinski definition) is 2. The van der Waals surface area contributed by atoms with E-state index in [1.54, 1.807) is 0 Å². The van der Waals surface area contributed by atoms with Crippen molar-refractivity contribution in [3.63, 3.8) is 0 Å². The molecular weight excluding hydrogens is 263 g/mol. The van der Waals surface area contributed by atoms with Crippen LogP contribution < -0.4 is 5.32 Å². The van der Waals surface area contributed by atoms with Gasteiger partial charge in [0.2, 0.25) is 5.91 Å². The third-order valence-electron chi connectivity index (χ3n) is 2.09. The van der Waals surface area contributed by atoms with Crippen molar-refractivity contribution >= 4 is 18.0 Å². The minimum atomic E-state index is -4.45. The normalized spacial score (nSPS) is 12.1. The van der Waals surface area contributed by atoms with Crippen LogP contribution in [-0.4, -0.2) is 17.0 Å². The van der Waals surface area contributed by atoms with Crippen LogP contribution in [-0.2, 0) is 15.8 Å². The van der Waals surface area contributed by atoms with Gasteiger partial charge in [-0.15, -0.1) is 0 Å². The lowest BCUT2D eigenvalue weighted by atomic mass is 10.1. The molecule has 4 nitrogen and oxygen atoms in total. The monoisotopic (exact) mass is 273 g/mol. The average Bonchev–Trinajstić information content (AvgIpc) is 2.27. The first kappa shape index (κ1) is 14.7. The maximum atomic E-state index is 12.3. The summed E-state index contributed by atoms with van der Waals surface area (Å²) in [5.41, 5.74) is -1.01. The van der Waals surface area contributed by atoms with Gasteiger partial charge >= 0.3 is 12.1 Å². The van der Waals surface area contributed by atoms with Gasteiger partial charge in [-0.25, -0.2) is 4.79 Å². The Labute approximate surface area is 106 Å². The summed E-state index contributed by atoms with van der Waals surface area (Å²) in [6.07, 6.45) is -3.38. The van der Waals surface area contributed by atoms with Crippen LogP contribution in [0, 0.1) is 0 Å². The summed E-state index contributed by atoms with van der Waals surface area (Å²) in [5.74, 6) is -1.96. The van der Waals surface area contributed by atoms with E-state index in [1.165, 1.54) is 0 Å². The van der Waals surface area contributed by atoms with Crippen molar-refractivity contribution in [2.75, 3.05) is 0 Å². The molecule has 1 amide bonds. The highest BCUT2D eigenvalue weighted by atomic mass is 19.4. The number of halogens is 3. The van der Waals surface area contributed by atoms with E-state index in [-0.39, 0.29) is 5.56 Å². The van der Waals surface area contributed by atoms with E-state index in [1.807, 2.05) is 0 Å². The fourth-order valence-electron chi connectivity index (χ4n) is 1.28. The first-order valence-corrected chi connectivity index (χ1v) is 5.10. The number of nitrogens with one attached hydrogen (secondary N) is 1. The SMILES string of the molecule is CC(=O)NC(=Cc1ccc(C(F)(F)F)cc1)C(=O)O. The van der Waals surface area contributed by atoms with E-state index < -0.39 is 29.3 Å². The number of carboxylic acid groups (broad SMARTS) is 1. The summed E-state index contributed by atoms with van der Waals surface area (Å²) in [7, 11) is 0. The third-order valence-corrected chi connectivity index (χ3v) is 2.09. The number of alkyl halides is 3. The molecule has 0 aliphatic heterocycles. The second-order valence-electron chi connectivity index (χ2n) is 3.66. The summed E-state index contributed by atoms with van der Waals surface area (Å²) in [6, 6.07) is 3.90. The predicted octanol–water partition coefficient (Wildman–Crippen LogP) is 2.27. The lowest BCUT2D eigenvalue weighted by Gasteiger charge is -2.07. The number of amides is 1. The molecule has 1 aromatic carbocycles. The molecule has 0 radical (unpaired) electrons. The number of carboxylic acids is 1. The van der Waals surface area contributed by atoms with Gasteiger partial charge in [-0.2, -0.15) is 13.2 Å². The van der Waals surface area contributed by atoms with Crippen LogP contribution in [0.4, 0.5) is 13.2 Å². The highest BCUT2D eigenvalue weighted by molar-refractivity contribution is 5.96. The van der Waals surface area contributed by atoms with Crippen molar-refractivity contribution < 1.29 is 27.9 Å². The smallest absolute Gasteiger partial charge is 0.416 e. The Balaban J connectivity index is 3.03. The molecule has 0 aliphatic carbocycles. The van der Waals surface area contributed by atoms with Crippen molar-refractivity contribution in [2.45, 2.75) is 13.1 Å². The zero-order valence-electron chi connectivity index (χ0n) is 9.78. The van der Waals surface area contributed by atoms with Gasteiger partial charge in [-0.1, -0.05) is 12.1 Å². The number of hydrogen-bond acceptors (Lipinski definition) is 2. The van der Waals surface area contributed by atoms with Gasteiger partial charge in [0.05, 0.1) is 5.56 Å². The summed E-state index contributed by atoms with van der Waals surface area (Å²) in [5, 5.41) is 10.9. The van der Waals surface area contributed by atoms with Crippen molar-refractivity contribution in [3.8, 4) is 0 Å². The molecule has 0 spiro atoms. The highest BCUT2D eigenvalue weighted by Crippen LogP contribution is 2.29. The largest absolute Gasteiger partial charge is 0.477 e. The summed E-state index contributed by atoms with van der Waals surface area (Å²) >= 11 is 0.